The smallest absolute Gasteiger partial charge is 0.306 e. The van der Waals surface area contributed by atoms with E-state index >= 15 is 0 Å². The van der Waals surface area contributed by atoms with E-state index in [0.29, 0.717) is 32.5 Å². The Morgan fingerprint density at radius 2 is 1.89 bits per heavy atom. The minimum atomic E-state index is -0.837. The predicted octanol–water partition coefficient (Wildman–Crippen LogP) is -0.330. The minimum Gasteiger partial charge on any atom is -0.481 e. The number of hydrogen-bond donors (Lipinski definition) is 3. The first-order valence-electron chi connectivity index (χ1n) is 6.23. The number of nitrogens with one attached hydrogen (secondary N) is 1. The summed E-state index contributed by atoms with van der Waals surface area (Å²) in [5, 5.41) is 21.2. The molecule has 1 fully saturated rings. The Balaban J connectivity index is 2.26. The van der Waals surface area contributed by atoms with E-state index in [1.165, 1.54) is 0 Å². The molecule has 104 valence electrons. The molecule has 0 radical (unpaired) electrons. The summed E-state index contributed by atoms with van der Waals surface area (Å²) >= 11 is 0. The number of nitrogens with zero attached hydrogens (tertiary/aromatic N) is 1. The number of carboxylic acids is 1. The van der Waals surface area contributed by atoms with Gasteiger partial charge in [-0.05, 0) is 26.7 Å². The third kappa shape index (κ3) is 5.01. The Morgan fingerprint density at radius 1 is 1.33 bits per heavy atom. The Morgan fingerprint density at radius 3 is 2.33 bits per heavy atom. The van der Waals surface area contributed by atoms with Gasteiger partial charge in [-0.15, -0.1) is 0 Å². The number of rotatable bonds is 5. The van der Waals surface area contributed by atoms with Crippen LogP contribution >= 0.6 is 0 Å². The van der Waals surface area contributed by atoms with Crippen molar-refractivity contribution in [2.45, 2.75) is 32.3 Å². The van der Waals surface area contributed by atoms with Gasteiger partial charge < -0.3 is 20.4 Å². The topological polar surface area (TPSA) is 89.9 Å². The fourth-order valence-corrected chi connectivity index (χ4v) is 1.96. The second-order valence-corrected chi connectivity index (χ2v) is 5.41. The highest BCUT2D eigenvalue weighted by molar-refractivity contribution is 5.78. The lowest BCUT2D eigenvalue weighted by molar-refractivity contribution is -0.145. The van der Waals surface area contributed by atoms with Gasteiger partial charge in [0.15, 0.2) is 0 Å². The van der Waals surface area contributed by atoms with Gasteiger partial charge in [0, 0.05) is 19.6 Å². The summed E-state index contributed by atoms with van der Waals surface area (Å²) in [6.07, 6.45) is 1.04. The average Bonchev–Trinajstić information content (AvgIpc) is 2.27. The van der Waals surface area contributed by atoms with E-state index in [9.17, 15) is 14.7 Å². The third-order valence-electron chi connectivity index (χ3n) is 3.03. The molecule has 0 aromatic rings. The molecule has 0 aromatic carbocycles. The first kappa shape index (κ1) is 14.9. The van der Waals surface area contributed by atoms with E-state index in [1.54, 1.807) is 18.7 Å². The zero-order chi connectivity index (χ0) is 13.8. The lowest BCUT2D eigenvalue weighted by Crippen LogP contribution is -2.46. The monoisotopic (exact) mass is 258 g/mol. The van der Waals surface area contributed by atoms with Gasteiger partial charge >= 0.3 is 5.97 Å². The van der Waals surface area contributed by atoms with Crippen molar-refractivity contribution in [3.8, 4) is 0 Å². The Hall–Kier alpha value is -1.14. The molecule has 0 aromatic heterocycles. The second-order valence-electron chi connectivity index (χ2n) is 5.41. The maximum absolute atomic E-state index is 11.8. The van der Waals surface area contributed by atoms with Gasteiger partial charge in [0.1, 0.15) is 0 Å². The molecule has 0 spiro atoms. The van der Waals surface area contributed by atoms with Gasteiger partial charge in [-0.3, -0.25) is 9.59 Å². The highest BCUT2D eigenvalue weighted by Gasteiger charge is 2.26. The molecular formula is C12H22N2O4. The van der Waals surface area contributed by atoms with Gasteiger partial charge in [-0.2, -0.15) is 0 Å². The quantitative estimate of drug-likeness (QED) is 0.628. The third-order valence-corrected chi connectivity index (χ3v) is 3.03. The summed E-state index contributed by atoms with van der Waals surface area (Å²) in [4.78, 5) is 24.2. The number of carbonyl (C=O) groups excluding carboxylic acids is 1. The van der Waals surface area contributed by atoms with Crippen molar-refractivity contribution in [2.24, 2.45) is 5.92 Å². The van der Waals surface area contributed by atoms with Crippen LogP contribution in [0.5, 0.6) is 0 Å². The summed E-state index contributed by atoms with van der Waals surface area (Å²) in [6, 6.07) is 0. The van der Waals surface area contributed by atoms with Crippen LogP contribution in [0.4, 0.5) is 0 Å². The summed E-state index contributed by atoms with van der Waals surface area (Å²) in [6.45, 7) is 4.87. The summed E-state index contributed by atoms with van der Waals surface area (Å²) < 4.78 is 0. The number of piperidine rings is 1. The van der Waals surface area contributed by atoms with Crippen molar-refractivity contribution < 1.29 is 19.8 Å². The number of aliphatic hydroxyl groups is 1. The lowest BCUT2D eigenvalue weighted by Gasteiger charge is -2.30. The average molecular weight is 258 g/mol. The van der Waals surface area contributed by atoms with Crippen molar-refractivity contribution in [3.63, 3.8) is 0 Å². The molecule has 6 heteroatoms. The van der Waals surface area contributed by atoms with Crippen LogP contribution in [0.25, 0.3) is 0 Å². The molecule has 1 aliphatic heterocycles. The molecule has 18 heavy (non-hydrogen) atoms. The SMILES string of the molecule is CC(C)(O)CNCC(=O)N1CCC(C(=O)O)CC1. The number of hydrogen-bond acceptors (Lipinski definition) is 4. The van der Waals surface area contributed by atoms with Crippen LogP contribution < -0.4 is 5.32 Å². The number of likely N-dealkylation sites (tertiary alicyclic amines) is 1. The fourth-order valence-electron chi connectivity index (χ4n) is 1.96. The molecule has 0 atom stereocenters. The van der Waals surface area contributed by atoms with Crippen LogP contribution in [0.15, 0.2) is 0 Å². The summed E-state index contributed by atoms with van der Waals surface area (Å²) in [7, 11) is 0. The van der Waals surface area contributed by atoms with Crippen LogP contribution in [0, 0.1) is 5.92 Å². The second kappa shape index (κ2) is 6.15. The zero-order valence-electron chi connectivity index (χ0n) is 11.0. The van der Waals surface area contributed by atoms with Crippen molar-refractivity contribution in [2.75, 3.05) is 26.2 Å². The first-order valence-corrected chi connectivity index (χ1v) is 6.23. The maximum atomic E-state index is 11.8. The molecule has 1 rings (SSSR count). The van der Waals surface area contributed by atoms with Gasteiger partial charge in [0.25, 0.3) is 0 Å². The molecular weight excluding hydrogens is 236 g/mol. The molecule has 1 aliphatic rings. The first-order chi connectivity index (χ1) is 8.29. The van der Waals surface area contributed by atoms with Crippen molar-refractivity contribution in [1.82, 2.24) is 10.2 Å². The number of carboxylic acid groups (broad SMARTS) is 1. The Kier molecular flexibility index (Phi) is 5.10. The van der Waals surface area contributed by atoms with Crippen LogP contribution in [0.2, 0.25) is 0 Å². The normalized spacial score (nSPS) is 17.8. The highest BCUT2D eigenvalue weighted by Crippen LogP contribution is 2.17. The highest BCUT2D eigenvalue weighted by atomic mass is 16.4. The number of amides is 1. The fraction of sp³-hybridized carbons (Fsp3) is 0.833. The minimum absolute atomic E-state index is 0.0388. The van der Waals surface area contributed by atoms with Crippen LogP contribution in [0.1, 0.15) is 26.7 Å². The maximum Gasteiger partial charge on any atom is 0.306 e. The van der Waals surface area contributed by atoms with E-state index < -0.39 is 11.6 Å². The van der Waals surface area contributed by atoms with Crippen LogP contribution in [-0.2, 0) is 9.59 Å². The van der Waals surface area contributed by atoms with E-state index in [-0.39, 0.29) is 18.4 Å². The van der Waals surface area contributed by atoms with Crippen LogP contribution in [-0.4, -0.2) is 58.8 Å². The Bertz CT molecular complexity index is 304. The van der Waals surface area contributed by atoms with Gasteiger partial charge in [0.05, 0.1) is 18.1 Å². The van der Waals surface area contributed by atoms with E-state index in [2.05, 4.69) is 5.32 Å². The summed E-state index contributed by atoms with van der Waals surface area (Å²) in [5.74, 6) is -1.14. The molecule has 0 unspecified atom stereocenters. The van der Waals surface area contributed by atoms with E-state index in [4.69, 9.17) is 5.11 Å². The van der Waals surface area contributed by atoms with Crippen molar-refractivity contribution in [3.05, 3.63) is 0 Å². The van der Waals surface area contributed by atoms with Gasteiger partial charge in [-0.1, -0.05) is 0 Å². The molecule has 6 nitrogen and oxygen atoms in total. The van der Waals surface area contributed by atoms with Crippen molar-refractivity contribution in [1.29, 1.82) is 0 Å². The van der Waals surface area contributed by atoms with E-state index in [0.717, 1.165) is 0 Å². The van der Waals surface area contributed by atoms with Crippen molar-refractivity contribution >= 4 is 11.9 Å². The molecule has 0 aliphatic carbocycles. The molecule has 1 amide bonds. The van der Waals surface area contributed by atoms with Gasteiger partial charge in [-0.25, -0.2) is 0 Å². The summed E-state index contributed by atoms with van der Waals surface area (Å²) in [5.41, 5.74) is -0.837. The number of carbonyl (C=O) groups is 2. The zero-order valence-corrected chi connectivity index (χ0v) is 11.0. The standard InChI is InChI=1S/C12H22N2O4/c1-12(2,18)8-13-7-10(15)14-5-3-9(4-6-14)11(16)17/h9,13,18H,3-8H2,1-2H3,(H,16,17). The van der Waals surface area contributed by atoms with Crippen LogP contribution in [0.3, 0.4) is 0 Å². The van der Waals surface area contributed by atoms with E-state index in [1.807, 2.05) is 0 Å². The molecule has 1 heterocycles. The largest absolute Gasteiger partial charge is 0.481 e. The molecule has 1 saturated heterocycles. The van der Waals surface area contributed by atoms with Gasteiger partial charge in [0.2, 0.25) is 5.91 Å². The number of aliphatic carboxylic acids is 1. The molecule has 0 saturated carbocycles. The molecule has 3 N–H and O–H groups in total. The predicted molar refractivity (Wildman–Crippen MR) is 66.1 cm³/mol. The molecule has 0 bridgehead atoms. The Labute approximate surface area is 107 Å². The lowest BCUT2D eigenvalue weighted by atomic mass is 9.97.